The first-order chi connectivity index (χ1) is 14.2. The van der Waals surface area contributed by atoms with Gasteiger partial charge in [-0.3, -0.25) is 9.59 Å². The molecular formula is C21H25N3O5S. The summed E-state index contributed by atoms with van der Waals surface area (Å²) in [5.41, 5.74) is 0.995. The molecule has 3 rings (SSSR count). The van der Waals surface area contributed by atoms with Gasteiger partial charge in [0.15, 0.2) is 5.78 Å². The minimum absolute atomic E-state index is 0.0375. The number of piperazine rings is 1. The number of hydrogen-bond donors (Lipinski definition) is 1. The molecule has 0 aliphatic carbocycles. The zero-order chi connectivity index (χ0) is 21.9. The fraction of sp³-hybridized carbons (Fsp3) is 0.333. The highest BCUT2D eigenvalue weighted by atomic mass is 32.2. The lowest BCUT2D eigenvalue weighted by Gasteiger charge is -2.31. The lowest BCUT2D eigenvalue weighted by atomic mass is 10.1. The maximum absolute atomic E-state index is 13.0. The molecule has 2 aromatic rings. The number of methoxy groups -OCH3 is 1. The molecule has 0 aromatic heterocycles. The SMILES string of the molecule is COc1ccc(S(=O)(=O)N2CCN(C)CC2)cc1C(=O)Nc1cccc(C(C)=O)c1. The van der Waals surface area contributed by atoms with Crippen molar-refractivity contribution in [3.05, 3.63) is 53.6 Å². The molecule has 1 aliphatic rings. The second-order valence-corrected chi connectivity index (χ2v) is 9.10. The van der Waals surface area contributed by atoms with Crippen molar-refractivity contribution in [3.63, 3.8) is 0 Å². The number of rotatable bonds is 6. The minimum atomic E-state index is -3.73. The number of hydrogen-bond acceptors (Lipinski definition) is 6. The number of carbonyl (C=O) groups is 2. The average molecular weight is 432 g/mol. The lowest BCUT2D eigenvalue weighted by Crippen LogP contribution is -2.47. The summed E-state index contributed by atoms with van der Waals surface area (Å²) < 4.78 is 32.8. The smallest absolute Gasteiger partial charge is 0.259 e. The molecule has 9 heteroatoms. The lowest BCUT2D eigenvalue weighted by molar-refractivity contribution is 0.101. The van der Waals surface area contributed by atoms with Crippen molar-refractivity contribution in [3.8, 4) is 5.75 Å². The molecule has 2 aromatic carbocycles. The Morgan fingerprint density at radius 3 is 2.37 bits per heavy atom. The number of ketones is 1. The third-order valence-electron chi connectivity index (χ3n) is 5.04. The van der Waals surface area contributed by atoms with Gasteiger partial charge in [-0.25, -0.2) is 8.42 Å². The quantitative estimate of drug-likeness (QED) is 0.704. The van der Waals surface area contributed by atoms with Gasteiger partial charge in [0.1, 0.15) is 5.75 Å². The Labute approximate surface area is 176 Å². The van der Waals surface area contributed by atoms with E-state index in [1.165, 1.54) is 36.5 Å². The average Bonchev–Trinajstić information content (AvgIpc) is 2.73. The summed E-state index contributed by atoms with van der Waals surface area (Å²) in [6.45, 7) is 3.52. The third kappa shape index (κ3) is 4.69. The van der Waals surface area contributed by atoms with E-state index in [1.807, 2.05) is 7.05 Å². The Morgan fingerprint density at radius 2 is 1.73 bits per heavy atom. The van der Waals surface area contributed by atoms with E-state index in [0.717, 1.165) is 0 Å². The maximum atomic E-state index is 13.0. The number of carbonyl (C=O) groups excluding carboxylic acids is 2. The molecule has 0 saturated carbocycles. The number of anilines is 1. The van der Waals surface area contributed by atoms with Crippen molar-refractivity contribution in [2.75, 3.05) is 45.7 Å². The van der Waals surface area contributed by atoms with E-state index < -0.39 is 15.9 Å². The first-order valence-electron chi connectivity index (χ1n) is 9.51. The number of amides is 1. The van der Waals surface area contributed by atoms with Gasteiger partial charge in [0.05, 0.1) is 17.6 Å². The predicted molar refractivity (Wildman–Crippen MR) is 114 cm³/mol. The van der Waals surface area contributed by atoms with Crippen molar-refractivity contribution in [2.24, 2.45) is 0 Å². The summed E-state index contributed by atoms with van der Waals surface area (Å²) in [6, 6.07) is 10.8. The van der Waals surface area contributed by atoms with E-state index in [0.29, 0.717) is 37.4 Å². The van der Waals surface area contributed by atoms with Crippen molar-refractivity contribution in [1.82, 2.24) is 9.21 Å². The highest BCUT2D eigenvalue weighted by Crippen LogP contribution is 2.26. The van der Waals surface area contributed by atoms with Gasteiger partial charge in [-0.05, 0) is 44.3 Å². The second kappa shape index (κ2) is 8.95. The molecule has 0 atom stereocenters. The van der Waals surface area contributed by atoms with Crippen LogP contribution in [0.1, 0.15) is 27.6 Å². The Balaban J connectivity index is 1.90. The molecule has 0 unspecified atom stereocenters. The van der Waals surface area contributed by atoms with E-state index in [1.54, 1.807) is 24.3 Å². The highest BCUT2D eigenvalue weighted by molar-refractivity contribution is 7.89. The molecular weight excluding hydrogens is 406 g/mol. The van der Waals surface area contributed by atoms with Gasteiger partial charge in [-0.2, -0.15) is 4.31 Å². The monoisotopic (exact) mass is 431 g/mol. The number of nitrogens with zero attached hydrogens (tertiary/aromatic N) is 2. The second-order valence-electron chi connectivity index (χ2n) is 7.16. The zero-order valence-corrected chi connectivity index (χ0v) is 18.0. The summed E-state index contributed by atoms with van der Waals surface area (Å²) in [5, 5.41) is 2.71. The fourth-order valence-corrected chi connectivity index (χ4v) is 4.67. The first-order valence-corrected chi connectivity index (χ1v) is 11.0. The Bertz CT molecular complexity index is 1060. The van der Waals surface area contributed by atoms with Crippen molar-refractivity contribution in [1.29, 1.82) is 0 Å². The van der Waals surface area contributed by atoms with Crippen LogP contribution < -0.4 is 10.1 Å². The number of sulfonamides is 1. The molecule has 1 aliphatic heterocycles. The van der Waals surface area contributed by atoms with Gasteiger partial charge < -0.3 is 15.0 Å². The van der Waals surface area contributed by atoms with Gasteiger partial charge in [0.2, 0.25) is 10.0 Å². The van der Waals surface area contributed by atoms with Gasteiger partial charge in [-0.15, -0.1) is 0 Å². The van der Waals surface area contributed by atoms with Crippen molar-refractivity contribution >= 4 is 27.4 Å². The topological polar surface area (TPSA) is 96.0 Å². The molecule has 1 amide bonds. The molecule has 30 heavy (non-hydrogen) atoms. The molecule has 1 fully saturated rings. The van der Waals surface area contributed by atoms with Gasteiger partial charge in [0, 0.05) is 37.4 Å². The summed E-state index contributed by atoms with van der Waals surface area (Å²) in [7, 11) is -0.372. The van der Waals surface area contributed by atoms with E-state index in [4.69, 9.17) is 4.74 Å². The van der Waals surface area contributed by atoms with Gasteiger partial charge in [0.25, 0.3) is 5.91 Å². The molecule has 160 valence electrons. The van der Waals surface area contributed by atoms with Crippen LogP contribution in [0.25, 0.3) is 0 Å². The van der Waals surface area contributed by atoms with E-state index in [9.17, 15) is 18.0 Å². The van der Waals surface area contributed by atoms with Crippen molar-refractivity contribution < 1.29 is 22.7 Å². The van der Waals surface area contributed by atoms with Gasteiger partial charge >= 0.3 is 0 Å². The van der Waals surface area contributed by atoms with Gasteiger partial charge in [-0.1, -0.05) is 12.1 Å². The van der Waals surface area contributed by atoms with Crippen LogP contribution in [0.15, 0.2) is 47.4 Å². The van der Waals surface area contributed by atoms with E-state index >= 15 is 0 Å². The molecule has 8 nitrogen and oxygen atoms in total. The number of benzene rings is 2. The van der Waals surface area contributed by atoms with Crippen LogP contribution in [0, 0.1) is 0 Å². The molecule has 1 saturated heterocycles. The predicted octanol–water partition coefficient (Wildman–Crippen LogP) is 2.09. The number of Topliss-reactive ketones (excluding diaryl/α,β-unsaturated/α-hetero) is 1. The van der Waals surface area contributed by atoms with Crippen LogP contribution in [-0.4, -0.2) is 69.6 Å². The Morgan fingerprint density at radius 1 is 1.03 bits per heavy atom. The Hall–Kier alpha value is -2.75. The number of ether oxygens (including phenoxy) is 1. The zero-order valence-electron chi connectivity index (χ0n) is 17.2. The molecule has 0 bridgehead atoms. The Kier molecular flexibility index (Phi) is 6.55. The highest BCUT2D eigenvalue weighted by Gasteiger charge is 2.29. The molecule has 0 radical (unpaired) electrons. The molecule has 0 spiro atoms. The molecule has 1 N–H and O–H groups in total. The first kappa shape index (κ1) is 21.9. The summed E-state index contributed by atoms with van der Waals surface area (Å²) in [4.78, 5) is 26.6. The van der Waals surface area contributed by atoms with Crippen LogP contribution in [0.2, 0.25) is 0 Å². The summed E-state index contributed by atoms with van der Waals surface area (Å²) in [6.07, 6.45) is 0. The molecule has 1 heterocycles. The normalized spacial score (nSPS) is 15.6. The minimum Gasteiger partial charge on any atom is -0.496 e. The maximum Gasteiger partial charge on any atom is 0.259 e. The largest absolute Gasteiger partial charge is 0.496 e. The van der Waals surface area contributed by atoms with Crippen LogP contribution in [0.4, 0.5) is 5.69 Å². The van der Waals surface area contributed by atoms with Crippen molar-refractivity contribution in [2.45, 2.75) is 11.8 Å². The van der Waals surface area contributed by atoms with Crippen LogP contribution in [0.3, 0.4) is 0 Å². The van der Waals surface area contributed by atoms with Crippen LogP contribution in [-0.2, 0) is 10.0 Å². The van der Waals surface area contributed by atoms with E-state index in [2.05, 4.69) is 10.2 Å². The fourth-order valence-electron chi connectivity index (χ4n) is 3.22. The third-order valence-corrected chi connectivity index (χ3v) is 6.94. The summed E-state index contributed by atoms with van der Waals surface area (Å²) in [5.74, 6) is -0.389. The number of likely N-dealkylation sites (N-methyl/N-ethyl adjacent to an activating group) is 1. The van der Waals surface area contributed by atoms with Crippen LogP contribution >= 0.6 is 0 Å². The number of nitrogens with one attached hydrogen (secondary N) is 1. The van der Waals surface area contributed by atoms with E-state index in [-0.39, 0.29) is 22.0 Å². The van der Waals surface area contributed by atoms with Crippen LogP contribution in [0.5, 0.6) is 5.75 Å². The summed E-state index contributed by atoms with van der Waals surface area (Å²) >= 11 is 0. The standard InChI is InChI=1S/C21H25N3O5S/c1-15(25)16-5-4-6-17(13-16)22-21(26)19-14-18(7-8-20(19)29-3)30(27,28)24-11-9-23(2)10-12-24/h4-8,13-14H,9-12H2,1-3H3,(H,22,26).